The van der Waals surface area contributed by atoms with Gasteiger partial charge in [0, 0.05) is 11.7 Å². The van der Waals surface area contributed by atoms with Gasteiger partial charge in [-0.25, -0.2) is 4.39 Å². The third-order valence-electron chi connectivity index (χ3n) is 2.06. The number of nitrogens with one attached hydrogen (secondary N) is 1. The van der Waals surface area contributed by atoms with Crippen LogP contribution in [-0.4, -0.2) is 17.1 Å². The zero-order chi connectivity index (χ0) is 11.3. The Morgan fingerprint density at radius 1 is 1.33 bits per heavy atom. The first kappa shape index (κ1) is 12.1. The maximum absolute atomic E-state index is 12.8. The van der Waals surface area contributed by atoms with Crippen molar-refractivity contribution in [2.75, 3.05) is 6.54 Å². The van der Waals surface area contributed by atoms with Crippen molar-refractivity contribution in [2.45, 2.75) is 39.2 Å². The Bertz CT molecular complexity index is 305. The van der Waals surface area contributed by atoms with Gasteiger partial charge in [0.05, 0.1) is 6.20 Å². The van der Waals surface area contributed by atoms with Gasteiger partial charge in [-0.1, -0.05) is 0 Å². The molecule has 0 aliphatic rings. The normalized spacial score (nSPS) is 11.7. The number of hydrogen-bond acceptors (Lipinski definition) is 2. The van der Waals surface area contributed by atoms with Gasteiger partial charge in [0.15, 0.2) is 0 Å². The predicted molar refractivity (Wildman–Crippen MR) is 60.3 cm³/mol. The minimum Gasteiger partial charge on any atom is -0.312 e. The summed E-state index contributed by atoms with van der Waals surface area (Å²) in [5.74, 6) is -0.253. The highest BCUT2D eigenvalue weighted by Crippen LogP contribution is 2.04. The summed E-state index contributed by atoms with van der Waals surface area (Å²) in [5, 5.41) is 3.39. The lowest BCUT2D eigenvalue weighted by molar-refractivity contribution is 0.422. The van der Waals surface area contributed by atoms with Gasteiger partial charge in [-0.05, 0) is 51.8 Å². The molecule has 1 rings (SSSR count). The molecule has 15 heavy (non-hydrogen) atoms. The zero-order valence-corrected chi connectivity index (χ0v) is 9.68. The lowest BCUT2D eigenvalue weighted by Gasteiger charge is -2.20. The van der Waals surface area contributed by atoms with Crippen LogP contribution in [0.25, 0.3) is 0 Å². The van der Waals surface area contributed by atoms with E-state index in [1.807, 2.05) is 0 Å². The summed E-state index contributed by atoms with van der Waals surface area (Å²) < 4.78 is 12.8. The molecule has 0 aliphatic carbocycles. The van der Waals surface area contributed by atoms with Crippen LogP contribution in [-0.2, 0) is 6.42 Å². The lowest BCUT2D eigenvalue weighted by atomic mass is 10.1. The Labute approximate surface area is 90.9 Å². The molecule has 1 aromatic rings. The summed E-state index contributed by atoms with van der Waals surface area (Å²) >= 11 is 0. The first-order chi connectivity index (χ1) is 6.97. The fourth-order valence-corrected chi connectivity index (χ4v) is 1.35. The van der Waals surface area contributed by atoms with E-state index in [0.717, 1.165) is 24.9 Å². The maximum atomic E-state index is 12.8. The van der Waals surface area contributed by atoms with E-state index in [4.69, 9.17) is 0 Å². The number of rotatable bonds is 4. The standard InChI is InChI=1S/C12H19FN2/c1-12(2,3)15-6-4-5-10-7-11(13)9-14-8-10/h7-9,15H,4-6H2,1-3H3. The summed E-state index contributed by atoms with van der Waals surface area (Å²) in [4.78, 5) is 3.82. The van der Waals surface area contributed by atoms with E-state index in [2.05, 4.69) is 31.1 Å². The second-order valence-corrected chi connectivity index (χ2v) is 4.79. The molecule has 0 aromatic carbocycles. The largest absolute Gasteiger partial charge is 0.312 e. The van der Waals surface area contributed by atoms with Gasteiger partial charge in [0.25, 0.3) is 0 Å². The molecule has 0 spiro atoms. The van der Waals surface area contributed by atoms with Gasteiger partial charge in [-0.3, -0.25) is 4.98 Å². The molecule has 3 heteroatoms. The van der Waals surface area contributed by atoms with E-state index in [9.17, 15) is 4.39 Å². The highest BCUT2D eigenvalue weighted by Gasteiger charge is 2.07. The monoisotopic (exact) mass is 210 g/mol. The average molecular weight is 210 g/mol. The number of aryl methyl sites for hydroxylation is 1. The predicted octanol–water partition coefficient (Wildman–Crippen LogP) is 2.54. The number of aromatic nitrogens is 1. The Morgan fingerprint density at radius 2 is 2.07 bits per heavy atom. The molecule has 0 unspecified atom stereocenters. The minimum atomic E-state index is -0.253. The molecule has 84 valence electrons. The summed E-state index contributed by atoms with van der Waals surface area (Å²) in [6.07, 6.45) is 4.83. The minimum absolute atomic E-state index is 0.153. The third kappa shape index (κ3) is 5.47. The van der Waals surface area contributed by atoms with Crippen molar-refractivity contribution in [3.05, 3.63) is 29.8 Å². The van der Waals surface area contributed by atoms with Crippen LogP contribution < -0.4 is 5.32 Å². The smallest absolute Gasteiger partial charge is 0.141 e. The van der Waals surface area contributed by atoms with E-state index >= 15 is 0 Å². The van der Waals surface area contributed by atoms with Crippen molar-refractivity contribution < 1.29 is 4.39 Å². The molecule has 0 radical (unpaired) electrons. The van der Waals surface area contributed by atoms with Crippen LogP contribution >= 0.6 is 0 Å². The van der Waals surface area contributed by atoms with E-state index in [-0.39, 0.29) is 11.4 Å². The molecule has 0 bridgehead atoms. The first-order valence-electron chi connectivity index (χ1n) is 5.32. The Hall–Kier alpha value is -0.960. The molecule has 0 fully saturated rings. The van der Waals surface area contributed by atoms with E-state index in [0.29, 0.717) is 0 Å². The molecular weight excluding hydrogens is 191 g/mol. The lowest BCUT2D eigenvalue weighted by Crippen LogP contribution is -2.36. The molecule has 1 heterocycles. The van der Waals surface area contributed by atoms with Crippen molar-refractivity contribution in [3.8, 4) is 0 Å². The fraction of sp³-hybridized carbons (Fsp3) is 0.583. The van der Waals surface area contributed by atoms with Crippen LogP contribution in [0.15, 0.2) is 18.5 Å². The topological polar surface area (TPSA) is 24.9 Å². The maximum Gasteiger partial charge on any atom is 0.141 e. The number of hydrogen-bond donors (Lipinski definition) is 1. The SMILES string of the molecule is CC(C)(C)NCCCc1cncc(F)c1. The van der Waals surface area contributed by atoms with E-state index in [1.165, 1.54) is 6.20 Å². The number of nitrogens with zero attached hydrogens (tertiary/aromatic N) is 1. The van der Waals surface area contributed by atoms with Crippen LogP contribution in [0.4, 0.5) is 4.39 Å². The van der Waals surface area contributed by atoms with Crippen molar-refractivity contribution in [3.63, 3.8) is 0 Å². The second kappa shape index (κ2) is 5.21. The van der Waals surface area contributed by atoms with Crippen molar-refractivity contribution >= 4 is 0 Å². The van der Waals surface area contributed by atoms with Gasteiger partial charge in [0.2, 0.25) is 0 Å². The van der Waals surface area contributed by atoms with E-state index in [1.54, 1.807) is 12.3 Å². The number of pyridine rings is 1. The molecule has 0 atom stereocenters. The van der Waals surface area contributed by atoms with Crippen molar-refractivity contribution in [1.29, 1.82) is 0 Å². The van der Waals surface area contributed by atoms with Crippen LogP contribution in [0.2, 0.25) is 0 Å². The number of halogens is 1. The first-order valence-corrected chi connectivity index (χ1v) is 5.32. The van der Waals surface area contributed by atoms with Gasteiger partial charge in [0.1, 0.15) is 5.82 Å². The van der Waals surface area contributed by atoms with Gasteiger partial charge in [-0.15, -0.1) is 0 Å². The fourth-order valence-electron chi connectivity index (χ4n) is 1.35. The molecule has 1 aromatic heterocycles. The van der Waals surface area contributed by atoms with Crippen molar-refractivity contribution in [2.24, 2.45) is 0 Å². The third-order valence-corrected chi connectivity index (χ3v) is 2.06. The molecule has 0 amide bonds. The van der Waals surface area contributed by atoms with Crippen LogP contribution in [0.1, 0.15) is 32.8 Å². The summed E-state index contributed by atoms with van der Waals surface area (Å²) in [6.45, 7) is 7.35. The van der Waals surface area contributed by atoms with E-state index < -0.39 is 0 Å². The Kier molecular flexibility index (Phi) is 4.21. The summed E-state index contributed by atoms with van der Waals surface area (Å²) in [7, 11) is 0. The zero-order valence-electron chi connectivity index (χ0n) is 9.68. The van der Waals surface area contributed by atoms with Gasteiger partial charge in [-0.2, -0.15) is 0 Å². The molecule has 0 aliphatic heterocycles. The quantitative estimate of drug-likeness (QED) is 0.772. The second-order valence-electron chi connectivity index (χ2n) is 4.79. The van der Waals surface area contributed by atoms with Crippen LogP contribution in [0.3, 0.4) is 0 Å². The highest BCUT2D eigenvalue weighted by atomic mass is 19.1. The molecule has 1 N–H and O–H groups in total. The average Bonchev–Trinajstić information content (AvgIpc) is 2.11. The summed E-state index contributed by atoms with van der Waals surface area (Å²) in [6, 6.07) is 1.55. The molecule has 2 nitrogen and oxygen atoms in total. The highest BCUT2D eigenvalue weighted by molar-refractivity contribution is 5.10. The molecule has 0 saturated carbocycles. The van der Waals surface area contributed by atoms with Crippen molar-refractivity contribution in [1.82, 2.24) is 10.3 Å². The Morgan fingerprint density at radius 3 is 2.67 bits per heavy atom. The molecular formula is C12H19FN2. The van der Waals surface area contributed by atoms with Crippen LogP contribution in [0, 0.1) is 5.82 Å². The molecule has 0 saturated heterocycles. The van der Waals surface area contributed by atoms with Gasteiger partial charge < -0.3 is 5.32 Å². The summed E-state index contributed by atoms with van der Waals surface area (Å²) in [5.41, 5.74) is 1.12. The van der Waals surface area contributed by atoms with Crippen LogP contribution in [0.5, 0.6) is 0 Å². The Balaban J connectivity index is 2.26. The van der Waals surface area contributed by atoms with Gasteiger partial charge >= 0.3 is 0 Å².